The lowest BCUT2D eigenvalue weighted by atomic mass is 9.91. The largest absolute Gasteiger partial charge is 0.497 e. The highest BCUT2D eigenvalue weighted by Crippen LogP contribution is 2.36. The molecule has 206 valence electrons. The fourth-order valence-electron chi connectivity index (χ4n) is 5.14. The molecule has 1 unspecified atom stereocenters. The highest BCUT2D eigenvalue weighted by atomic mass is 79.9. The number of aromatic carboxylic acids is 1. The number of carboxylic acids is 1. The fourth-order valence-corrected chi connectivity index (χ4v) is 5.62. The van der Waals surface area contributed by atoms with Crippen LogP contribution in [0, 0.1) is 12.8 Å². The van der Waals surface area contributed by atoms with Crippen molar-refractivity contribution in [2.45, 2.75) is 39.2 Å². The molecule has 8 heteroatoms. The Labute approximate surface area is 238 Å². The third-order valence-electron chi connectivity index (χ3n) is 7.42. The maximum Gasteiger partial charge on any atom is 0.339 e. The first-order valence-corrected chi connectivity index (χ1v) is 13.9. The number of hydrogen-bond acceptors (Lipinski definition) is 5. The summed E-state index contributed by atoms with van der Waals surface area (Å²) in [6.45, 7) is 6.33. The minimum absolute atomic E-state index is 0.0324. The minimum Gasteiger partial charge on any atom is -0.497 e. The van der Waals surface area contributed by atoms with Crippen LogP contribution in [0.25, 0.3) is 0 Å². The van der Waals surface area contributed by atoms with Crippen LogP contribution in [0.1, 0.15) is 58.4 Å². The van der Waals surface area contributed by atoms with Gasteiger partial charge in [0.1, 0.15) is 17.1 Å². The van der Waals surface area contributed by atoms with Gasteiger partial charge in [-0.3, -0.25) is 4.79 Å². The van der Waals surface area contributed by atoms with Crippen LogP contribution in [0.15, 0.2) is 59.1 Å². The second-order valence-electron chi connectivity index (χ2n) is 10.1. The molecule has 2 N–H and O–H groups in total. The highest BCUT2D eigenvalue weighted by molar-refractivity contribution is 9.10. The number of carboxylic acid groups (broad SMARTS) is 1. The number of carbonyl (C=O) groups excluding carboxylic acids is 1. The molecule has 0 spiro atoms. The smallest absolute Gasteiger partial charge is 0.339 e. The van der Waals surface area contributed by atoms with Crippen LogP contribution in [0.4, 0.5) is 5.69 Å². The first-order valence-electron chi connectivity index (χ1n) is 13.1. The first kappa shape index (κ1) is 28.5. The van der Waals surface area contributed by atoms with Gasteiger partial charge in [-0.2, -0.15) is 0 Å². The van der Waals surface area contributed by atoms with Crippen LogP contribution < -0.4 is 19.7 Å². The number of ether oxygens (including phenoxy) is 2. The van der Waals surface area contributed by atoms with E-state index in [9.17, 15) is 14.7 Å². The Morgan fingerprint density at radius 3 is 2.38 bits per heavy atom. The third kappa shape index (κ3) is 6.56. The number of piperidine rings is 1. The molecule has 1 atom stereocenters. The van der Waals surface area contributed by atoms with Crippen molar-refractivity contribution in [2.75, 3.05) is 32.2 Å². The van der Waals surface area contributed by atoms with Crippen molar-refractivity contribution in [3.8, 4) is 11.5 Å². The van der Waals surface area contributed by atoms with Gasteiger partial charge in [0, 0.05) is 28.8 Å². The molecule has 0 aromatic heterocycles. The van der Waals surface area contributed by atoms with E-state index < -0.39 is 12.0 Å². The predicted octanol–water partition coefficient (Wildman–Crippen LogP) is 6.16. The first-order chi connectivity index (χ1) is 18.7. The van der Waals surface area contributed by atoms with Gasteiger partial charge >= 0.3 is 5.97 Å². The van der Waals surface area contributed by atoms with E-state index in [4.69, 9.17) is 9.47 Å². The highest BCUT2D eigenvalue weighted by Gasteiger charge is 2.27. The van der Waals surface area contributed by atoms with Gasteiger partial charge in [-0.15, -0.1) is 0 Å². The molecule has 3 aromatic carbocycles. The van der Waals surface area contributed by atoms with Gasteiger partial charge in [-0.1, -0.05) is 47.1 Å². The van der Waals surface area contributed by atoms with Crippen LogP contribution in [-0.4, -0.2) is 44.3 Å². The van der Waals surface area contributed by atoms with Crippen molar-refractivity contribution in [1.82, 2.24) is 5.32 Å². The number of nitrogens with zero attached hydrogens (tertiary/aromatic N) is 1. The number of methoxy groups -OCH3 is 2. The normalized spacial score (nSPS) is 14.5. The Morgan fingerprint density at radius 1 is 1.08 bits per heavy atom. The summed E-state index contributed by atoms with van der Waals surface area (Å²) in [7, 11) is 3.05. The zero-order valence-electron chi connectivity index (χ0n) is 22.8. The Hall–Kier alpha value is -3.52. The van der Waals surface area contributed by atoms with Crippen molar-refractivity contribution >= 4 is 33.5 Å². The summed E-state index contributed by atoms with van der Waals surface area (Å²) >= 11 is 3.44. The number of aryl methyl sites for hydroxylation is 1. The summed E-state index contributed by atoms with van der Waals surface area (Å²) in [4.78, 5) is 27.6. The number of rotatable bonds is 9. The molecule has 1 heterocycles. The van der Waals surface area contributed by atoms with Gasteiger partial charge in [-0.25, -0.2) is 4.79 Å². The van der Waals surface area contributed by atoms with Crippen molar-refractivity contribution in [3.05, 3.63) is 86.9 Å². The monoisotopic (exact) mass is 594 g/mol. The molecule has 0 bridgehead atoms. The summed E-state index contributed by atoms with van der Waals surface area (Å²) in [6, 6.07) is 16.8. The van der Waals surface area contributed by atoms with Crippen LogP contribution in [0.2, 0.25) is 0 Å². The summed E-state index contributed by atoms with van der Waals surface area (Å²) in [5.74, 6) is 0.370. The Kier molecular flexibility index (Phi) is 9.17. The van der Waals surface area contributed by atoms with Gasteiger partial charge in [-0.05, 0) is 72.7 Å². The number of hydrogen-bond donors (Lipinski definition) is 2. The van der Waals surface area contributed by atoms with Gasteiger partial charge in [0.25, 0.3) is 0 Å². The van der Waals surface area contributed by atoms with E-state index in [1.54, 1.807) is 13.2 Å². The third-order valence-corrected chi connectivity index (χ3v) is 8.16. The Bertz CT molecular complexity index is 1330. The molecular weight excluding hydrogens is 560 g/mol. The van der Waals surface area contributed by atoms with E-state index in [0.717, 1.165) is 54.1 Å². The standard InChI is InChI=1S/C31H35BrN2O5/c1-19-12-14-34(15-13-19)26-7-5-6-20(2)29(26)30(21-8-10-23(38-3)11-9-21)33-28(35)17-22-16-27(39-4)24(31(36)37)18-25(22)32/h5-11,16,18-19,30H,12-15,17H2,1-4H3,(H,33,35)(H,36,37). The quantitative estimate of drug-likeness (QED) is 0.308. The summed E-state index contributed by atoms with van der Waals surface area (Å²) < 4.78 is 11.2. The lowest BCUT2D eigenvalue weighted by Crippen LogP contribution is -2.36. The average molecular weight is 596 g/mol. The number of carbonyl (C=O) groups is 2. The van der Waals surface area contributed by atoms with Crippen LogP contribution in [-0.2, 0) is 11.2 Å². The molecular formula is C31H35BrN2O5. The van der Waals surface area contributed by atoms with E-state index in [1.165, 1.54) is 13.2 Å². The molecule has 1 amide bonds. The molecule has 0 aliphatic carbocycles. The maximum absolute atomic E-state index is 13.6. The fraction of sp³-hybridized carbons (Fsp3) is 0.355. The molecule has 1 aliphatic heterocycles. The van der Waals surface area contributed by atoms with Crippen LogP contribution >= 0.6 is 15.9 Å². The Balaban J connectivity index is 1.71. The van der Waals surface area contributed by atoms with Crippen LogP contribution in [0.3, 0.4) is 0 Å². The van der Waals surface area contributed by atoms with E-state index >= 15 is 0 Å². The molecule has 4 rings (SSSR count). The number of halogens is 1. The zero-order valence-corrected chi connectivity index (χ0v) is 24.4. The minimum atomic E-state index is -1.10. The maximum atomic E-state index is 13.6. The van der Waals surface area contributed by atoms with E-state index in [2.05, 4.69) is 58.2 Å². The van der Waals surface area contributed by atoms with Crippen molar-refractivity contribution < 1.29 is 24.2 Å². The summed E-state index contributed by atoms with van der Waals surface area (Å²) in [6.07, 6.45) is 2.32. The SMILES string of the molecule is COc1ccc(C(NC(=O)Cc2cc(OC)c(C(=O)O)cc2Br)c2c(C)cccc2N2CCC(C)CC2)cc1. The van der Waals surface area contributed by atoms with Crippen molar-refractivity contribution in [2.24, 2.45) is 5.92 Å². The molecule has 1 aliphatic rings. The molecule has 39 heavy (non-hydrogen) atoms. The molecule has 1 saturated heterocycles. The summed E-state index contributed by atoms with van der Waals surface area (Å²) in [5.41, 5.74) is 4.92. The van der Waals surface area contributed by atoms with Gasteiger partial charge in [0.15, 0.2) is 0 Å². The average Bonchev–Trinajstić information content (AvgIpc) is 2.93. The zero-order chi connectivity index (χ0) is 28.1. The van der Waals surface area contributed by atoms with E-state index in [1.807, 2.05) is 24.3 Å². The number of benzene rings is 3. The second-order valence-corrected chi connectivity index (χ2v) is 10.9. The lowest BCUT2D eigenvalue weighted by Gasteiger charge is -2.36. The van der Waals surface area contributed by atoms with Gasteiger partial charge < -0.3 is 24.8 Å². The number of anilines is 1. The van der Waals surface area contributed by atoms with E-state index in [-0.39, 0.29) is 23.6 Å². The molecule has 1 fully saturated rings. The van der Waals surface area contributed by atoms with Crippen LogP contribution in [0.5, 0.6) is 11.5 Å². The van der Waals surface area contributed by atoms with Gasteiger partial charge in [0.2, 0.25) is 5.91 Å². The molecule has 3 aromatic rings. The Morgan fingerprint density at radius 2 is 1.77 bits per heavy atom. The number of nitrogens with one attached hydrogen (secondary N) is 1. The van der Waals surface area contributed by atoms with E-state index in [0.29, 0.717) is 16.0 Å². The number of amides is 1. The molecule has 7 nitrogen and oxygen atoms in total. The second kappa shape index (κ2) is 12.6. The topological polar surface area (TPSA) is 88.1 Å². The predicted molar refractivity (Wildman–Crippen MR) is 156 cm³/mol. The molecule has 0 radical (unpaired) electrons. The van der Waals surface area contributed by atoms with Crippen molar-refractivity contribution in [1.29, 1.82) is 0 Å². The summed E-state index contributed by atoms with van der Waals surface area (Å²) in [5, 5.41) is 12.8. The van der Waals surface area contributed by atoms with Gasteiger partial charge in [0.05, 0.1) is 26.7 Å². The van der Waals surface area contributed by atoms with Crippen molar-refractivity contribution in [3.63, 3.8) is 0 Å². The lowest BCUT2D eigenvalue weighted by molar-refractivity contribution is -0.120. The molecule has 0 saturated carbocycles.